The zero-order chi connectivity index (χ0) is 30.4. The number of hydrogen-bond donors (Lipinski definition) is 2. The molecule has 3 saturated carbocycles. The first-order valence-electron chi connectivity index (χ1n) is 14.8. The van der Waals surface area contributed by atoms with Crippen molar-refractivity contribution < 1.29 is 47.6 Å². The van der Waals surface area contributed by atoms with Gasteiger partial charge in [-0.05, 0) is 62.7 Å². The average molecular weight is 581 g/mol. The minimum Gasteiger partial charge on any atom is -0.457 e. The predicted octanol–water partition coefficient (Wildman–Crippen LogP) is 4.05. The van der Waals surface area contributed by atoms with Crippen LogP contribution in [-0.4, -0.2) is 70.0 Å². The van der Waals surface area contributed by atoms with Crippen LogP contribution in [0.5, 0.6) is 0 Å². The molecule has 41 heavy (non-hydrogen) atoms. The van der Waals surface area contributed by atoms with Gasteiger partial charge in [-0.25, -0.2) is 8.78 Å². The number of carbonyl (C=O) groups is 4. The van der Waals surface area contributed by atoms with Crippen molar-refractivity contribution in [2.75, 3.05) is 6.61 Å². The van der Waals surface area contributed by atoms with Gasteiger partial charge in [0.05, 0.1) is 6.10 Å². The van der Waals surface area contributed by atoms with E-state index in [0.717, 1.165) is 12.5 Å². The number of rotatable bonds is 10. The quantitative estimate of drug-likeness (QED) is 0.371. The van der Waals surface area contributed by atoms with Crippen LogP contribution in [0.4, 0.5) is 8.78 Å². The number of esters is 2. The first kappa shape index (κ1) is 31.5. The van der Waals surface area contributed by atoms with Gasteiger partial charge in [-0.3, -0.25) is 19.2 Å². The molecule has 4 aliphatic rings. The van der Waals surface area contributed by atoms with E-state index in [0.29, 0.717) is 19.3 Å². The average Bonchev–Trinajstić information content (AvgIpc) is 3.14. The van der Waals surface area contributed by atoms with Crippen molar-refractivity contribution in [3.63, 3.8) is 0 Å². The molecule has 228 valence electrons. The summed E-state index contributed by atoms with van der Waals surface area (Å²) in [6.07, 6.45) is -0.00398. The molecule has 9 unspecified atom stereocenters. The van der Waals surface area contributed by atoms with Crippen molar-refractivity contribution in [3.8, 4) is 0 Å². The molecule has 0 spiro atoms. The maximum atomic E-state index is 17.5. The molecule has 8 nitrogen and oxygen atoms in total. The molecular formula is C31H42F2O8. The number of ketones is 2. The van der Waals surface area contributed by atoms with E-state index in [4.69, 9.17) is 9.47 Å². The zero-order valence-corrected chi connectivity index (χ0v) is 24.3. The lowest BCUT2D eigenvalue weighted by molar-refractivity contribution is -0.235. The van der Waals surface area contributed by atoms with Crippen molar-refractivity contribution in [1.29, 1.82) is 0 Å². The van der Waals surface area contributed by atoms with E-state index in [1.54, 1.807) is 6.92 Å². The fourth-order valence-electron chi connectivity index (χ4n) is 8.15. The molecule has 0 aromatic heterocycles. The Morgan fingerprint density at radius 1 is 1.00 bits per heavy atom. The lowest BCUT2D eigenvalue weighted by atomic mass is 9.44. The highest BCUT2D eigenvalue weighted by molar-refractivity contribution is 6.01. The Morgan fingerprint density at radius 3 is 2.27 bits per heavy atom. The lowest BCUT2D eigenvalue weighted by Crippen LogP contribution is -2.71. The molecule has 4 rings (SSSR count). The Labute approximate surface area is 239 Å². The Morgan fingerprint density at radius 2 is 1.63 bits per heavy atom. The summed E-state index contributed by atoms with van der Waals surface area (Å²) in [7, 11) is 0. The molecule has 3 fully saturated rings. The number of allylic oxidation sites excluding steroid dienone is 4. The van der Waals surface area contributed by atoms with Gasteiger partial charge in [-0.1, -0.05) is 39.7 Å². The number of ether oxygens (including phenoxy) is 2. The van der Waals surface area contributed by atoms with Gasteiger partial charge in [0.2, 0.25) is 11.4 Å². The molecule has 0 aromatic carbocycles. The van der Waals surface area contributed by atoms with Gasteiger partial charge in [0.1, 0.15) is 12.3 Å². The van der Waals surface area contributed by atoms with Crippen LogP contribution < -0.4 is 0 Å². The van der Waals surface area contributed by atoms with Crippen LogP contribution in [0.2, 0.25) is 0 Å². The molecule has 0 aliphatic heterocycles. The number of Topliss-reactive ketones (excluding diaryl/α,β-unsaturated/α-hetero) is 1. The Balaban J connectivity index is 1.77. The third-order valence-corrected chi connectivity index (χ3v) is 10.3. The molecule has 0 heterocycles. The van der Waals surface area contributed by atoms with Crippen LogP contribution in [0, 0.1) is 22.7 Å². The van der Waals surface area contributed by atoms with Crippen LogP contribution in [0.1, 0.15) is 85.5 Å². The van der Waals surface area contributed by atoms with Gasteiger partial charge in [-0.2, -0.15) is 0 Å². The second-order valence-electron chi connectivity index (χ2n) is 12.6. The number of alkyl halides is 2. The summed E-state index contributed by atoms with van der Waals surface area (Å²) < 4.78 is 44.3. The molecule has 0 saturated heterocycles. The maximum absolute atomic E-state index is 17.5. The molecule has 0 radical (unpaired) electrons. The number of unbranched alkanes of at least 4 members (excludes halogenated alkanes) is 2. The summed E-state index contributed by atoms with van der Waals surface area (Å²) in [4.78, 5) is 51.3. The molecule has 9 atom stereocenters. The Bertz CT molecular complexity index is 1150. The summed E-state index contributed by atoms with van der Waals surface area (Å²) >= 11 is 0. The van der Waals surface area contributed by atoms with Crippen molar-refractivity contribution in [2.24, 2.45) is 22.7 Å². The number of hydrogen-bond acceptors (Lipinski definition) is 8. The minimum atomic E-state index is -2.43. The van der Waals surface area contributed by atoms with E-state index in [9.17, 15) is 29.4 Å². The smallest absolute Gasteiger partial charge is 0.306 e. The number of fused-ring (bicyclic) bond motifs is 5. The molecular weight excluding hydrogens is 538 g/mol. The topological polar surface area (TPSA) is 127 Å². The molecule has 10 heteroatoms. The largest absolute Gasteiger partial charge is 0.457 e. The molecule has 4 aliphatic carbocycles. The van der Waals surface area contributed by atoms with Crippen molar-refractivity contribution in [2.45, 2.75) is 115 Å². The number of carbonyl (C=O) groups excluding carboxylic acids is 4. The number of halogens is 2. The van der Waals surface area contributed by atoms with Crippen molar-refractivity contribution >= 4 is 23.5 Å². The van der Waals surface area contributed by atoms with E-state index >= 15 is 8.78 Å². The summed E-state index contributed by atoms with van der Waals surface area (Å²) in [6.45, 7) is 6.01. The SMILES string of the molecule is CCCCC(=O)OCC(=O)C1(OC(=O)CCCC)C(O)CC2C3CC(F)C4=CC(=O)C=CC4(C)C3(F)C(O)CC21C. The summed E-state index contributed by atoms with van der Waals surface area (Å²) in [5, 5.41) is 23.1. The first-order chi connectivity index (χ1) is 19.2. The van der Waals surface area contributed by atoms with Gasteiger partial charge < -0.3 is 19.7 Å². The monoisotopic (exact) mass is 580 g/mol. The van der Waals surface area contributed by atoms with E-state index < -0.39 is 82.4 Å². The third-order valence-electron chi connectivity index (χ3n) is 10.3. The van der Waals surface area contributed by atoms with Crippen LogP contribution >= 0.6 is 0 Å². The highest BCUT2D eigenvalue weighted by atomic mass is 19.1. The molecule has 0 amide bonds. The second-order valence-corrected chi connectivity index (χ2v) is 12.6. The summed E-state index contributed by atoms with van der Waals surface area (Å²) in [6, 6.07) is 0. The van der Waals surface area contributed by atoms with Crippen molar-refractivity contribution in [1.82, 2.24) is 0 Å². The number of aliphatic hydroxyl groups is 2. The molecule has 2 N–H and O–H groups in total. The highest BCUT2D eigenvalue weighted by Gasteiger charge is 2.78. The van der Waals surface area contributed by atoms with Gasteiger partial charge in [0.25, 0.3) is 0 Å². The fraction of sp³-hybridized carbons (Fsp3) is 0.742. The predicted molar refractivity (Wildman–Crippen MR) is 144 cm³/mol. The number of aliphatic hydroxyl groups excluding tert-OH is 2. The van der Waals surface area contributed by atoms with Crippen molar-refractivity contribution in [3.05, 3.63) is 23.8 Å². The fourth-order valence-corrected chi connectivity index (χ4v) is 8.15. The molecule has 0 aromatic rings. The van der Waals surface area contributed by atoms with E-state index in [-0.39, 0.29) is 37.7 Å². The van der Waals surface area contributed by atoms with E-state index in [1.165, 1.54) is 19.1 Å². The van der Waals surface area contributed by atoms with E-state index in [1.807, 2.05) is 13.8 Å². The maximum Gasteiger partial charge on any atom is 0.306 e. The van der Waals surface area contributed by atoms with Crippen LogP contribution in [-0.2, 0) is 28.7 Å². The van der Waals surface area contributed by atoms with E-state index in [2.05, 4.69) is 0 Å². The van der Waals surface area contributed by atoms with Crippen LogP contribution in [0.15, 0.2) is 23.8 Å². The highest BCUT2D eigenvalue weighted by Crippen LogP contribution is 2.70. The zero-order valence-electron chi connectivity index (χ0n) is 24.3. The van der Waals surface area contributed by atoms with Crippen LogP contribution in [0.25, 0.3) is 0 Å². The standard InChI is InChI=1S/C31H42F2O8/c1-5-7-9-26(38)40-17-25(37)31(41-27(39)10-8-6-2)23(35)15-19-20-14-22(32)21-13-18(34)11-12-28(21,3)30(20,33)24(36)16-29(19,31)4/h11-13,19-20,22-24,35-36H,5-10,14-17H2,1-4H3. The first-order valence-corrected chi connectivity index (χ1v) is 14.8. The summed E-state index contributed by atoms with van der Waals surface area (Å²) in [5.41, 5.74) is -7.86. The normalized spacial score (nSPS) is 41.1. The Hall–Kier alpha value is -2.46. The summed E-state index contributed by atoms with van der Waals surface area (Å²) in [5.74, 6) is -4.75. The van der Waals surface area contributed by atoms with Gasteiger partial charge in [0.15, 0.2) is 18.1 Å². The van der Waals surface area contributed by atoms with Gasteiger partial charge >= 0.3 is 11.9 Å². The van der Waals surface area contributed by atoms with Gasteiger partial charge in [-0.15, -0.1) is 0 Å². The minimum absolute atomic E-state index is 0.0358. The second kappa shape index (κ2) is 11.3. The lowest BCUT2D eigenvalue weighted by Gasteiger charge is -2.63. The van der Waals surface area contributed by atoms with Crippen LogP contribution in [0.3, 0.4) is 0 Å². The third kappa shape index (κ3) is 4.69. The molecule has 0 bridgehead atoms. The van der Waals surface area contributed by atoms with Gasteiger partial charge in [0, 0.05) is 29.6 Å². The Kier molecular flexibility index (Phi) is 8.69.